The van der Waals surface area contributed by atoms with E-state index in [0.717, 1.165) is 24.6 Å². The molecule has 0 saturated heterocycles. The smallest absolute Gasteiger partial charge is 0.117 e. The highest BCUT2D eigenvalue weighted by molar-refractivity contribution is 7.11. The molecule has 0 atom stereocenters. The van der Waals surface area contributed by atoms with Crippen LogP contribution in [0.2, 0.25) is 0 Å². The number of aromatic nitrogens is 1. The molecule has 4 heteroatoms. The van der Waals surface area contributed by atoms with E-state index in [1.807, 2.05) is 6.07 Å². The van der Waals surface area contributed by atoms with Crippen LogP contribution in [0, 0.1) is 0 Å². The second-order valence-electron chi connectivity index (χ2n) is 4.18. The topological polar surface area (TPSA) is 37.0 Å². The number of nitrogens with one attached hydrogen (secondary N) is 2. The summed E-state index contributed by atoms with van der Waals surface area (Å²) in [6, 6.07) is 9.06. The zero-order chi connectivity index (χ0) is 10.8. The molecule has 0 bridgehead atoms. The lowest BCUT2D eigenvalue weighted by atomic mass is 10.2. The Balaban J connectivity index is 1.60. The van der Waals surface area contributed by atoms with Gasteiger partial charge >= 0.3 is 0 Å². The standard InChI is InChI=1S/C12H15N3S/c1-2-4-11-10(3-1)12(16-15-11)14-8-7-13-9-5-6-9/h1-4,9,13-14H,5-8H2. The maximum Gasteiger partial charge on any atom is 0.117 e. The number of hydrogen-bond acceptors (Lipinski definition) is 4. The number of benzene rings is 1. The molecular formula is C12H15N3S. The Morgan fingerprint density at radius 2 is 2.12 bits per heavy atom. The minimum atomic E-state index is 0.792. The van der Waals surface area contributed by atoms with Crippen LogP contribution in [0.25, 0.3) is 10.9 Å². The molecule has 1 aromatic carbocycles. The summed E-state index contributed by atoms with van der Waals surface area (Å²) in [7, 11) is 0. The van der Waals surface area contributed by atoms with Crippen LogP contribution >= 0.6 is 11.5 Å². The monoisotopic (exact) mass is 233 g/mol. The molecule has 1 saturated carbocycles. The van der Waals surface area contributed by atoms with Crippen molar-refractivity contribution in [2.24, 2.45) is 0 Å². The fourth-order valence-electron chi connectivity index (χ4n) is 1.76. The van der Waals surface area contributed by atoms with Gasteiger partial charge in [0.2, 0.25) is 0 Å². The number of hydrogen-bond donors (Lipinski definition) is 2. The molecule has 2 aromatic rings. The lowest BCUT2D eigenvalue weighted by molar-refractivity contribution is 0.702. The fourth-order valence-corrected chi connectivity index (χ4v) is 2.54. The molecule has 0 aliphatic heterocycles. The zero-order valence-electron chi connectivity index (χ0n) is 9.07. The van der Waals surface area contributed by atoms with Gasteiger partial charge in [0, 0.05) is 24.5 Å². The van der Waals surface area contributed by atoms with E-state index < -0.39 is 0 Å². The second kappa shape index (κ2) is 4.39. The number of anilines is 1. The van der Waals surface area contributed by atoms with Crippen molar-refractivity contribution in [1.82, 2.24) is 9.69 Å². The summed E-state index contributed by atoms with van der Waals surface area (Å²) >= 11 is 1.55. The molecule has 3 nitrogen and oxygen atoms in total. The van der Waals surface area contributed by atoms with E-state index in [9.17, 15) is 0 Å². The van der Waals surface area contributed by atoms with Crippen LogP contribution in [-0.2, 0) is 0 Å². The van der Waals surface area contributed by atoms with Gasteiger partial charge < -0.3 is 10.6 Å². The van der Waals surface area contributed by atoms with Gasteiger partial charge in [0.25, 0.3) is 0 Å². The number of rotatable bonds is 5. The first kappa shape index (κ1) is 10.1. The zero-order valence-corrected chi connectivity index (χ0v) is 9.89. The maximum atomic E-state index is 4.40. The average Bonchev–Trinajstić information content (AvgIpc) is 3.05. The summed E-state index contributed by atoms with van der Waals surface area (Å²) < 4.78 is 4.40. The number of nitrogens with zero attached hydrogens (tertiary/aromatic N) is 1. The first-order valence-corrected chi connectivity index (χ1v) is 6.52. The van der Waals surface area contributed by atoms with Crippen LogP contribution in [0.3, 0.4) is 0 Å². The molecule has 0 unspecified atom stereocenters. The van der Waals surface area contributed by atoms with Gasteiger partial charge in [-0.25, -0.2) is 0 Å². The predicted molar refractivity (Wildman–Crippen MR) is 69.1 cm³/mol. The Hall–Kier alpha value is -1.13. The molecule has 84 valence electrons. The van der Waals surface area contributed by atoms with Crippen molar-refractivity contribution in [2.75, 3.05) is 18.4 Å². The lowest BCUT2D eigenvalue weighted by Crippen LogP contribution is -2.23. The summed E-state index contributed by atoms with van der Waals surface area (Å²) in [5.74, 6) is 0. The van der Waals surface area contributed by atoms with Crippen molar-refractivity contribution in [1.29, 1.82) is 0 Å². The van der Waals surface area contributed by atoms with Crippen LogP contribution < -0.4 is 10.6 Å². The van der Waals surface area contributed by atoms with E-state index in [1.165, 1.54) is 23.2 Å². The molecule has 3 rings (SSSR count). The molecule has 1 heterocycles. The Morgan fingerprint density at radius 3 is 3.00 bits per heavy atom. The van der Waals surface area contributed by atoms with Crippen molar-refractivity contribution in [3.05, 3.63) is 24.3 Å². The molecule has 1 aliphatic carbocycles. The van der Waals surface area contributed by atoms with Crippen LogP contribution in [0.5, 0.6) is 0 Å². The molecular weight excluding hydrogens is 218 g/mol. The highest BCUT2D eigenvalue weighted by Crippen LogP contribution is 2.26. The molecule has 16 heavy (non-hydrogen) atoms. The second-order valence-corrected chi connectivity index (χ2v) is 4.96. The summed E-state index contributed by atoms with van der Waals surface area (Å²) in [6.45, 7) is 2.01. The van der Waals surface area contributed by atoms with Gasteiger partial charge in [0.15, 0.2) is 0 Å². The summed E-state index contributed by atoms with van der Waals surface area (Å²) in [5, 5.41) is 9.36. The Kier molecular flexibility index (Phi) is 2.76. The molecule has 0 amide bonds. The van der Waals surface area contributed by atoms with Crippen molar-refractivity contribution < 1.29 is 0 Å². The normalized spacial score (nSPS) is 15.5. The van der Waals surface area contributed by atoms with E-state index in [1.54, 1.807) is 11.5 Å². The van der Waals surface area contributed by atoms with Crippen LogP contribution in [0.15, 0.2) is 24.3 Å². The van der Waals surface area contributed by atoms with Crippen molar-refractivity contribution in [2.45, 2.75) is 18.9 Å². The largest absolute Gasteiger partial charge is 0.374 e. The Bertz CT molecular complexity index is 476. The summed E-state index contributed by atoms with van der Waals surface area (Å²) in [5.41, 5.74) is 1.09. The highest BCUT2D eigenvalue weighted by atomic mass is 32.1. The Morgan fingerprint density at radius 1 is 1.25 bits per heavy atom. The lowest BCUT2D eigenvalue weighted by Gasteiger charge is -2.04. The van der Waals surface area contributed by atoms with Gasteiger partial charge in [-0.3, -0.25) is 0 Å². The maximum absolute atomic E-state index is 4.40. The van der Waals surface area contributed by atoms with Crippen molar-refractivity contribution in [3.8, 4) is 0 Å². The van der Waals surface area contributed by atoms with Gasteiger partial charge in [-0.1, -0.05) is 12.1 Å². The molecule has 1 aliphatic rings. The van der Waals surface area contributed by atoms with Crippen LogP contribution in [-0.4, -0.2) is 23.5 Å². The minimum absolute atomic E-state index is 0.792. The van der Waals surface area contributed by atoms with Crippen LogP contribution in [0.1, 0.15) is 12.8 Å². The van der Waals surface area contributed by atoms with Crippen LogP contribution in [0.4, 0.5) is 5.00 Å². The van der Waals surface area contributed by atoms with Crippen molar-refractivity contribution >= 4 is 27.4 Å². The van der Waals surface area contributed by atoms with Gasteiger partial charge in [-0.05, 0) is 36.5 Å². The summed E-state index contributed by atoms with van der Waals surface area (Å²) in [4.78, 5) is 0. The molecule has 0 spiro atoms. The van der Waals surface area contributed by atoms with Crippen molar-refractivity contribution in [3.63, 3.8) is 0 Å². The minimum Gasteiger partial charge on any atom is -0.374 e. The Labute approximate surface area is 99.0 Å². The molecule has 2 N–H and O–H groups in total. The fraction of sp³-hybridized carbons (Fsp3) is 0.417. The average molecular weight is 233 g/mol. The van der Waals surface area contributed by atoms with E-state index in [2.05, 4.69) is 33.2 Å². The van der Waals surface area contributed by atoms with Gasteiger partial charge in [0.05, 0.1) is 5.52 Å². The van der Waals surface area contributed by atoms with E-state index >= 15 is 0 Å². The van der Waals surface area contributed by atoms with Gasteiger partial charge in [-0.2, -0.15) is 4.37 Å². The third-order valence-electron chi connectivity index (χ3n) is 2.80. The first-order valence-electron chi connectivity index (χ1n) is 5.75. The van der Waals surface area contributed by atoms with E-state index in [4.69, 9.17) is 0 Å². The SMILES string of the molecule is c1ccc2c(NCCNC3CC3)snc2c1. The van der Waals surface area contributed by atoms with E-state index in [0.29, 0.717) is 0 Å². The quantitative estimate of drug-likeness (QED) is 0.779. The molecule has 1 aromatic heterocycles. The predicted octanol–water partition coefficient (Wildman–Crippen LogP) is 2.46. The first-order chi connectivity index (χ1) is 7.93. The number of fused-ring (bicyclic) bond motifs is 1. The molecule has 1 fully saturated rings. The van der Waals surface area contributed by atoms with E-state index in [-0.39, 0.29) is 0 Å². The third-order valence-corrected chi connectivity index (χ3v) is 3.64. The highest BCUT2D eigenvalue weighted by Gasteiger charge is 2.19. The summed E-state index contributed by atoms with van der Waals surface area (Å²) in [6.07, 6.45) is 2.70. The third kappa shape index (κ3) is 2.18. The van der Waals surface area contributed by atoms with Gasteiger partial charge in [-0.15, -0.1) is 0 Å². The molecule has 0 radical (unpaired) electrons. The van der Waals surface area contributed by atoms with Gasteiger partial charge in [0.1, 0.15) is 5.00 Å².